The Morgan fingerprint density at radius 1 is 1.24 bits per heavy atom. The van der Waals surface area contributed by atoms with Crippen LogP contribution in [0.2, 0.25) is 5.02 Å². The fourth-order valence-corrected chi connectivity index (χ4v) is 3.46. The van der Waals surface area contributed by atoms with Crippen molar-refractivity contribution in [3.8, 4) is 5.75 Å². The average Bonchev–Trinajstić information content (AvgIpc) is 2.87. The molecule has 29 heavy (non-hydrogen) atoms. The number of hydrogen-bond acceptors (Lipinski definition) is 5. The van der Waals surface area contributed by atoms with Gasteiger partial charge in [-0.15, -0.1) is 0 Å². The van der Waals surface area contributed by atoms with Crippen LogP contribution in [0.15, 0.2) is 54.6 Å². The molecule has 0 saturated heterocycles. The van der Waals surface area contributed by atoms with Gasteiger partial charge in [0.1, 0.15) is 12.4 Å². The molecular formula is C23H27ClN2O3. The lowest BCUT2D eigenvalue weighted by atomic mass is 10.1. The Morgan fingerprint density at radius 3 is 2.97 bits per heavy atom. The fraction of sp³-hybridized carbons (Fsp3) is 0.348. The van der Waals surface area contributed by atoms with Gasteiger partial charge in [0.2, 0.25) is 0 Å². The second-order valence-corrected chi connectivity index (χ2v) is 7.18. The predicted molar refractivity (Wildman–Crippen MR) is 117 cm³/mol. The van der Waals surface area contributed by atoms with E-state index in [9.17, 15) is 4.79 Å². The molecular weight excluding hydrogens is 388 g/mol. The molecule has 0 saturated carbocycles. The monoisotopic (exact) mass is 414 g/mol. The van der Waals surface area contributed by atoms with Crippen LogP contribution in [0.3, 0.4) is 0 Å². The van der Waals surface area contributed by atoms with Gasteiger partial charge in [0.15, 0.2) is 0 Å². The molecule has 0 aliphatic carbocycles. The lowest BCUT2D eigenvalue weighted by Crippen LogP contribution is -2.21. The molecule has 1 N–H and O–H groups in total. The molecule has 0 fully saturated rings. The second-order valence-electron chi connectivity index (χ2n) is 6.75. The number of carbonyl (C=O) groups excluding carboxylic acids is 1. The van der Waals surface area contributed by atoms with Crippen molar-refractivity contribution in [2.45, 2.75) is 26.4 Å². The molecule has 2 aromatic rings. The minimum Gasteiger partial charge on any atom is -0.487 e. The first-order valence-electron chi connectivity index (χ1n) is 10.0. The third-order valence-corrected chi connectivity index (χ3v) is 4.90. The number of benzene rings is 2. The summed E-state index contributed by atoms with van der Waals surface area (Å²) in [7, 11) is 0. The third-order valence-electron chi connectivity index (χ3n) is 4.67. The minimum absolute atomic E-state index is 0.298. The van der Waals surface area contributed by atoms with Gasteiger partial charge in [-0.3, -0.25) is 0 Å². The van der Waals surface area contributed by atoms with Crippen molar-refractivity contribution in [3.05, 3.63) is 65.2 Å². The topological polar surface area (TPSA) is 50.8 Å². The first-order chi connectivity index (χ1) is 14.2. The van der Waals surface area contributed by atoms with Crippen LogP contribution in [0.25, 0.3) is 0 Å². The van der Waals surface area contributed by atoms with Gasteiger partial charge in [-0.2, -0.15) is 0 Å². The quantitative estimate of drug-likeness (QED) is 0.361. The van der Waals surface area contributed by atoms with Crippen molar-refractivity contribution < 1.29 is 14.3 Å². The molecule has 154 valence electrons. The maximum Gasteiger partial charge on any atom is 0.330 e. The van der Waals surface area contributed by atoms with E-state index in [4.69, 9.17) is 21.1 Å². The van der Waals surface area contributed by atoms with Crippen molar-refractivity contribution in [2.75, 3.05) is 31.1 Å². The molecule has 5 nitrogen and oxygen atoms in total. The van der Waals surface area contributed by atoms with E-state index in [0.717, 1.165) is 53.6 Å². The third kappa shape index (κ3) is 5.99. The number of nitrogens with one attached hydrogen (secondary N) is 1. The maximum atomic E-state index is 11.2. The van der Waals surface area contributed by atoms with Crippen LogP contribution in [0.5, 0.6) is 5.75 Å². The number of nitrogens with zero attached hydrogens (tertiary/aromatic N) is 1. The summed E-state index contributed by atoms with van der Waals surface area (Å²) >= 11 is 6.28. The molecule has 0 unspecified atom stereocenters. The van der Waals surface area contributed by atoms with Gasteiger partial charge < -0.3 is 19.7 Å². The highest BCUT2D eigenvalue weighted by atomic mass is 35.5. The molecule has 2 aromatic carbocycles. The van der Waals surface area contributed by atoms with Crippen molar-refractivity contribution in [1.82, 2.24) is 5.32 Å². The van der Waals surface area contributed by atoms with Crippen LogP contribution in [-0.2, 0) is 16.1 Å². The standard InChI is InChI=1S/C23H27ClN2O3/c1-2-28-23(27)10-7-14-25-13-5-6-15-26-20-8-3-4-9-22(20)29-17-18-11-12-19(24)16-21(18)26/h3-4,7-12,16,25H,2,5-6,13-15,17H2,1H3/b10-7+. The number of rotatable bonds is 9. The highest BCUT2D eigenvalue weighted by Gasteiger charge is 2.21. The van der Waals surface area contributed by atoms with E-state index in [-0.39, 0.29) is 5.97 Å². The van der Waals surface area contributed by atoms with Crippen molar-refractivity contribution >= 4 is 28.9 Å². The zero-order valence-electron chi connectivity index (χ0n) is 16.7. The number of esters is 1. The van der Waals surface area contributed by atoms with Crippen LogP contribution in [0.1, 0.15) is 25.3 Å². The van der Waals surface area contributed by atoms with Gasteiger partial charge in [-0.05, 0) is 50.6 Å². The smallest absolute Gasteiger partial charge is 0.330 e. The summed E-state index contributed by atoms with van der Waals surface area (Å²) in [6.45, 7) is 5.13. The van der Waals surface area contributed by atoms with Crippen LogP contribution in [0.4, 0.5) is 11.4 Å². The summed E-state index contributed by atoms with van der Waals surface area (Å²) in [4.78, 5) is 13.5. The largest absolute Gasteiger partial charge is 0.487 e. The maximum absolute atomic E-state index is 11.2. The molecule has 0 aromatic heterocycles. The first-order valence-corrected chi connectivity index (χ1v) is 10.4. The zero-order valence-corrected chi connectivity index (χ0v) is 17.5. The lowest BCUT2D eigenvalue weighted by molar-refractivity contribution is -0.137. The lowest BCUT2D eigenvalue weighted by Gasteiger charge is -2.26. The molecule has 0 amide bonds. The van der Waals surface area contributed by atoms with Gasteiger partial charge in [-0.25, -0.2) is 4.79 Å². The Hall–Kier alpha value is -2.50. The fourth-order valence-electron chi connectivity index (χ4n) is 3.29. The Bertz CT molecular complexity index is 854. The summed E-state index contributed by atoms with van der Waals surface area (Å²) in [5.41, 5.74) is 3.31. The zero-order chi connectivity index (χ0) is 20.5. The number of unbranched alkanes of at least 4 members (excludes halogenated alkanes) is 1. The molecule has 0 atom stereocenters. The Labute approximate surface area is 177 Å². The summed E-state index contributed by atoms with van der Waals surface area (Å²) in [6.07, 6.45) is 5.28. The van der Waals surface area contributed by atoms with Gasteiger partial charge in [0.25, 0.3) is 0 Å². The summed E-state index contributed by atoms with van der Waals surface area (Å²) in [6, 6.07) is 14.1. The Kier molecular flexibility index (Phi) is 7.96. The summed E-state index contributed by atoms with van der Waals surface area (Å²) in [5, 5.41) is 4.05. The number of ether oxygens (including phenoxy) is 2. The Morgan fingerprint density at radius 2 is 2.10 bits per heavy atom. The van der Waals surface area contributed by atoms with Crippen molar-refractivity contribution in [2.24, 2.45) is 0 Å². The number of carbonyl (C=O) groups is 1. The molecule has 0 bridgehead atoms. The van der Waals surface area contributed by atoms with Gasteiger partial charge in [0, 0.05) is 35.4 Å². The summed E-state index contributed by atoms with van der Waals surface area (Å²) in [5.74, 6) is 0.593. The number of fused-ring (bicyclic) bond motifs is 2. The molecule has 0 radical (unpaired) electrons. The van der Waals surface area contributed by atoms with E-state index < -0.39 is 0 Å². The number of para-hydroxylation sites is 2. The van der Waals surface area contributed by atoms with E-state index in [1.54, 1.807) is 13.0 Å². The van der Waals surface area contributed by atoms with E-state index >= 15 is 0 Å². The minimum atomic E-state index is -0.298. The molecule has 1 aliphatic rings. The average molecular weight is 415 g/mol. The van der Waals surface area contributed by atoms with Crippen LogP contribution < -0.4 is 15.0 Å². The van der Waals surface area contributed by atoms with E-state index in [2.05, 4.69) is 16.3 Å². The van der Waals surface area contributed by atoms with E-state index in [0.29, 0.717) is 19.8 Å². The highest BCUT2D eigenvalue weighted by Crippen LogP contribution is 2.40. The Balaban J connectivity index is 1.55. The van der Waals surface area contributed by atoms with E-state index in [1.807, 2.05) is 36.4 Å². The number of hydrogen-bond donors (Lipinski definition) is 1. The number of halogens is 1. The molecule has 0 spiro atoms. The van der Waals surface area contributed by atoms with Crippen LogP contribution >= 0.6 is 11.6 Å². The molecule has 1 heterocycles. The van der Waals surface area contributed by atoms with Gasteiger partial charge >= 0.3 is 5.97 Å². The molecule has 6 heteroatoms. The van der Waals surface area contributed by atoms with Crippen LogP contribution in [-0.4, -0.2) is 32.2 Å². The van der Waals surface area contributed by atoms with Crippen molar-refractivity contribution in [3.63, 3.8) is 0 Å². The molecule has 3 rings (SSSR count). The van der Waals surface area contributed by atoms with Crippen molar-refractivity contribution in [1.29, 1.82) is 0 Å². The normalized spacial score (nSPS) is 12.8. The SMILES string of the molecule is CCOC(=O)/C=C/CNCCCCN1c2cc(Cl)ccc2COc2ccccc21. The second kappa shape index (κ2) is 10.9. The predicted octanol–water partition coefficient (Wildman–Crippen LogP) is 4.86. The van der Waals surface area contributed by atoms with Crippen LogP contribution in [0, 0.1) is 0 Å². The van der Waals surface area contributed by atoms with Gasteiger partial charge in [-0.1, -0.05) is 35.9 Å². The summed E-state index contributed by atoms with van der Waals surface area (Å²) < 4.78 is 10.9. The first kappa shape index (κ1) is 21.2. The highest BCUT2D eigenvalue weighted by molar-refractivity contribution is 6.30. The van der Waals surface area contributed by atoms with Gasteiger partial charge in [0.05, 0.1) is 12.3 Å². The number of anilines is 2. The molecule has 1 aliphatic heterocycles. The van der Waals surface area contributed by atoms with E-state index in [1.165, 1.54) is 6.08 Å².